The molecule has 2 aliphatic heterocycles. The summed E-state index contributed by atoms with van der Waals surface area (Å²) in [5, 5.41) is 9.98. The molecule has 0 saturated carbocycles. The zero-order chi connectivity index (χ0) is 34.8. The SMILES string of the molecule is C=C(NCCN1CCCC1(C)C)c1cnc(C)c(NC(=O)/C(=N/N)c2ccc(/C(C)=C/C=NC)cn2)c1.CCC1COC1.CCCC. The molecule has 2 saturated heterocycles. The molecule has 2 aromatic rings. The number of hydrogen-bond acceptors (Lipinski definition) is 9. The lowest BCUT2D eigenvalue weighted by Crippen LogP contribution is -2.41. The van der Waals surface area contributed by atoms with E-state index in [1.165, 1.54) is 32.1 Å². The van der Waals surface area contributed by atoms with Gasteiger partial charge in [0.15, 0.2) is 5.71 Å². The van der Waals surface area contributed by atoms with Gasteiger partial charge >= 0.3 is 0 Å². The van der Waals surface area contributed by atoms with Gasteiger partial charge in [-0.2, -0.15) is 5.10 Å². The minimum Gasteiger partial charge on any atom is -0.384 e. The third kappa shape index (κ3) is 12.7. The minimum atomic E-state index is -0.468. The number of nitrogens with zero attached hydrogens (tertiary/aromatic N) is 5. The van der Waals surface area contributed by atoms with Crippen LogP contribution in [-0.4, -0.2) is 78.1 Å². The second kappa shape index (κ2) is 20.4. The van der Waals surface area contributed by atoms with E-state index in [0.29, 0.717) is 17.1 Å². The quantitative estimate of drug-likeness (QED) is 0.137. The zero-order valence-corrected chi connectivity index (χ0v) is 30.0. The summed E-state index contributed by atoms with van der Waals surface area (Å²) < 4.78 is 4.93. The van der Waals surface area contributed by atoms with Crippen LogP contribution < -0.4 is 16.5 Å². The molecule has 4 heterocycles. The van der Waals surface area contributed by atoms with E-state index in [4.69, 9.17) is 10.6 Å². The number of aromatic nitrogens is 2. The third-order valence-electron chi connectivity index (χ3n) is 8.54. The van der Waals surface area contributed by atoms with Crippen LogP contribution in [0.2, 0.25) is 0 Å². The first-order valence-corrected chi connectivity index (χ1v) is 16.9. The van der Waals surface area contributed by atoms with Gasteiger partial charge in [0.1, 0.15) is 0 Å². The maximum Gasteiger partial charge on any atom is 0.278 e. The van der Waals surface area contributed by atoms with Crippen molar-refractivity contribution >= 4 is 34.8 Å². The number of likely N-dealkylation sites (tertiary alicyclic amines) is 1. The minimum absolute atomic E-state index is 0.0262. The Morgan fingerprint density at radius 2 is 1.87 bits per heavy atom. The first-order valence-electron chi connectivity index (χ1n) is 16.9. The average Bonchev–Trinajstić information content (AvgIpc) is 3.38. The number of aryl methyl sites for hydroxylation is 1. The lowest BCUT2D eigenvalue weighted by molar-refractivity contribution is -0.110. The summed E-state index contributed by atoms with van der Waals surface area (Å²) in [6.07, 6.45) is 13.4. The lowest BCUT2D eigenvalue weighted by Gasteiger charge is -2.31. The van der Waals surface area contributed by atoms with Crippen molar-refractivity contribution in [1.29, 1.82) is 0 Å². The molecule has 2 aromatic heterocycles. The molecule has 0 radical (unpaired) electrons. The van der Waals surface area contributed by atoms with Crippen LogP contribution in [0, 0.1) is 12.8 Å². The predicted molar refractivity (Wildman–Crippen MR) is 198 cm³/mol. The van der Waals surface area contributed by atoms with E-state index in [9.17, 15) is 4.79 Å². The summed E-state index contributed by atoms with van der Waals surface area (Å²) in [6, 6.07) is 5.43. The second-order valence-electron chi connectivity index (χ2n) is 12.6. The Labute approximate surface area is 283 Å². The van der Waals surface area contributed by atoms with Gasteiger partial charge in [0.25, 0.3) is 5.91 Å². The van der Waals surface area contributed by atoms with Crippen LogP contribution in [0.4, 0.5) is 5.69 Å². The number of hydrazone groups is 1. The summed E-state index contributed by atoms with van der Waals surface area (Å²) >= 11 is 0. The Morgan fingerprint density at radius 3 is 2.36 bits per heavy atom. The number of nitrogens with two attached hydrogens (primary N) is 1. The van der Waals surface area contributed by atoms with E-state index < -0.39 is 5.91 Å². The number of unbranched alkanes of at least 4 members (excludes halogenated alkanes) is 1. The fourth-order valence-electron chi connectivity index (χ4n) is 4.84. The zero-order valence-electron chi connectivity index (χ0n) is 30.0. The summed E-state index contributed by atoms with van der Waals surface area (Å²) in [7, 11) is 1.71. The van der Waals surface area contributed by atoms with Gasteiger partial charge in [0.05, 0.1) is 30.3 Å². The molecule has 258 valence electrons. The summed E-state index contributed by atoms with van der Waals surface area (Å²) in [4.78, 5) is 28.3. The molecule has 0 spiro atoms. The number of anilines is 1. The number of carbonyl (C=O) groups is 1. The first-order chi connectivity index (χ1) is 22.5. The summed E-state index contributed by atoms with van der Waals surface area (Å²) in [5.74, 6) is 6.01. The highest BCUT2D eigenvalue weighted by Crippen LogP contribution is 2.27. The maximum absolute atomic E-state index is 13.1. The van der Waals surface area contributed by atoms with Crippen molar-refractivity contribution in [2.45, 2.75) is 86.1 Å². The summed E-state index contributed by atoms with van der Waals surface area (Å²) in [5.41, 5.74) is 5.32. The molecule has 0 bridgehead atoms. The maximum atomic E-state index is 13.1. The molecule has 2 fully saturated rings. The fourth-order valence-corrected chi connectivity index (χ4v) is 4.84. The molecule has 0 aromatic carbocycles. The van der Waals surface area contributed by atoms with Crippen LogP contribution in [0.1, 0.15) is 96.2 Å². The van der Waals surface area contributed by atoms with E-state index in [1.54, 1.807) is 31.7 Å². The van der Waals surface area contributed by atoms with Crippen molar-refractivity contribution < 1.29 is 9.53 Å². The van der Waals surface area contributed by atoms with Gasteiger partial charge in [-0.15, -0.1) is 0 Å². The van der Waals surface area contributed by atoms with E-state index in [2.05, 4.69) is 76.8 Å². The van der Waals surface area contributed by atoms with Crippen molar-refractivity contribution in [3.05, 3.63) is 65.8 Å². The van der Waals surface area contributed by atoms with Gasteiger partial charge in [-0.3, -0.25) is 24.7 Å². The molecule has 0 atom stereocenters. The number of aliphatic imine (C=N–C) groups is 1. The number of pyridine rings is 2. The molecule has 0 unspecified atom stereocenters. The van der Waals surface area contributed by atoms with Gasteiger partial charge < -0.3 is 21.2 Å². The highest BCUT2D eigenvalue weighted by Gasteiger charge is 2.31. The molecular formula is C37H58N8O2. The van der Waals surface area contributed by atoms with E-state index in [1.807, 2.05) is 32.1 Å². The normalized spacial score (nSPS) is 16.4. The molecule has 4 rings (SSSR count). The highest BCUT2D eigenvalue weighted by atomic mass is 16.5. The van der Waals surface area contributed by atoms with Crippen LogP contribution in [-0.2, 0) is 9.53 Å². The molecule has 1 amide bonds. The van der Waals surface area contributed by atoms with Crippen molar-refractivity contribution in [3.63, 3.8) is 0 Å². The predicted octanol–water partition coefficient (Wildman–Crippen LogP) is 6.47. The number of ether oxygens (including phenoxy) is 1. The fraction of sp³-hybridized carbons (Fsp3) is 0.541. The molecular weight excluding hydrogens is 588 g/mol. The van der Waals surface area contributed by atoms with Crippen LogP contribution in [0.3, 0.4) is 0 Å². The summed E-state index contributed by atoms with van der Waals surface area (Å²) in [6.45, 7) is 24.0. The highest BCUT2D eigenvalue weighted by molar-refractivity contribution is 6.48. The number of allylic oxidation sites excluding steroid dienone is 2. The van der Waals surface area contributed by atoms with Gasteiger partial charge in [-0.05, 0) is 82.8 Å². The molecule has 2 aliphatic rings. The third-order valence-corrected chi connectivity index (χ3v) is 8.54. The van der Waals surface area contributed by atoms with E-state index >= 15 is 0 Å². The lowest BCUT2D eigenvalue weighted by atomic mass is 10.0. The Kier molecular flexibility index (Phi) is 17.0. The molecule has 4 N–H and O–H groups in total. The second-order valence-corrected chi connectivity index (χ2v) is 12.6. The van der Waals surface area contributed by atoms with Crippen molar-refractivity contribution in [2.24, 2.45) is 21.9 Å². The van der Waals surface area contributed by atoms with Crippen molar-refractivity contribution in [1.82, 2.24) is 20.2 Å². The molecule has 10 nitrogen and oxygen atoms in total. The Hall–Kier alpha value is -3.89. The van der Waals surface area contributed by atoms with Crippen LogP contribution in [0.15, 0.2) is 53.3 Å². The number of hydrogen-bond donors (Lipinski definition) is 3. The van der Waals surface area contributed by atoms with Gasteiger partial charge in [0.2, 0.25) is 0 Å². The van der Waals surface area contributed by atoms with E-state index in [0.717, 1.165) is 61.2 Å². The van der Waals surface area contributed by atoms with Crippen LogP contribution >= 0.6 is 0 Å². The Morgan fingerprint density at radius 1 is 1.17 bits per heavy atom. The Bertz CT molecular complexity index is 1360. The number of amides is 1. The van der Waals surface area contributed by atoms with Gasteiger partial charge in [-0.25, -0.2) is 0 Å². The van der Waals surface area contributed by atoms with Crippen molar-refractivity contribution in [2.75, 3.05) is 45.2 Å². The van der Waals surface area contributed by atoms with Crippen LogP contribution in [0.5, 0.6) is 0 Å². The Balaban J connectivity index is 0.000000659. The van der Waals surface area contributed by atoms with Gasteiger partial charge in [0, 0.05) is 61.5 Å². The van der Waals surface area contributed by atoms with Crippen molar-refractivity contribution in [3.8, 4) is 0 Å². The van der Waals surface area contributed by atoms with Gasteiger partial charge in [-0.1, -0.05) is 46.3 Å². The van der Waals surface area contributed by atoms with E-state index in [-0.39, 0.29) is 11.3 Å². The monoisotopic (exact) mass is 646 g/mol. The largest absolute Gasteiger partial charge is 0.384 e. The molecule has 10 heteroatoms. The smallest absolute Gasteiger partial charge is 0.278 e. The standard InChI is InChI=1S/C28H38N8O.C5H10O.C4H10/c1-19(10-12-30-6)22-8-9-24(33-17-22)26(35-29)27(37)34-25-16-23(18-32-21(25)3)20(2)31-13-15-36-14-7-11-28(36,4)5;1-2-5-3-6-4-5;1-3-4-2/h8-10,12,16-18,31H,2,7,11,13-15,29H2,1,3-6H3,(H,34,37);5H,2-4H2,1H3;3-4H2,1-2H3/b19-10+,30-12?,35-26+;;. The number of carbonyl (C=O) groups excluding carboxylic acids is 1. The average molecular weight is 647 g/mol. The number of rotatable bonds is 12. The first kappa shape index (κ1) is 39.3. The van der Waals surface area contributed by atoms with Crippen LogP contribution in [0.25, 0.3) is 11.3 Å². The molecule has 0 aliphatic carbocycles. The molecule has 47 heavy (non-hydrogen) atoms. The topological polar surface area (TPSA) is 130 Å². The number of nitrogens with one attached hydrogen (secondary N) is 2.